The molecule has 0 spiro atoms. The topological polar surface area (TPSA) is 23.5 Å². The van der Waals surface area contributed by atoms with E-state index in [1.807, 2.05) is 25.1 Å². The van der Waals surface area contributed by atoms with Crippen molar-refractivity contribution >= 4 is 33.0 Å². The number of thiophene rings is 1. The summed E-state index contributed by atoms with van der Waals surface area (Å²) in [7, 11) is 0. The van der Waals surface area contributed by atoms with Gasteiger partial charge in [-0.05, 0) is 47.1 Å². The predicted octanol–water partition coefficient (Wildman–Crippen LogP) is 3.90. The molecular formula is C14H16BrNOS. The predicted molar refractivity (Wildman–Crippen MR) is 81.2 cm³/mol. The van der Waals surface area contributed by atoms with Gasteiger partial charge in [-0.25, -0.2) is 0 Å². The molecule has 0 fully saturated rings. The number of aliphatic hydroxyl groups excluding tert-OH is 1. The van der Waals surface area contributed by atoms with Crippen LogP contribution in [0.4, 0.5) is 5.69 Å². The molecule has 2 nitrogen and oxygen atoms in total. The second-order valence-electron chi connectivity index (χ2n) is 4.27. The molecule has 96 valence electrons. The summed E-state index contributed by atoms with van der Waals surface area (Å²) in [4.78, 5) is 3.48. The summed E-state index contributed by atoms with van der Waals surface area (Å²) in [5.41, 5.74) is 1.14. The summed E-state index contributed by atoms with van der Waals surface area (Å²) in [5, 5.41) is 9.62. The maximum Gasteiger partial charge on any atom is 0.0702 e. The van der Waals surface area contributed by atoms with E-state index in [1.165, 1.54) is 4.88 Å². The third-order valence-electron chi connectivity index (χ3n) is 2.58. The summed E-state index contributed by atoms with van der Waals surface area (Å²) in [6.07, 6.45) is -0.339. The molecule has 0 aliphatic carbocycles. The molecule has 2 aromatic rings. The molecule has 0 saturated carbocycles. The van der Waals surface area contributed by atoms with Crippen LogP contribution in [0.5, 0.6) is 0 Å². The Balaban J connectivity index is 2.15. The first kappa shape index (κ1) is 13.6. The van der Waals surface area contributed by atoms with Gasteiger partial charge in [-0.3, -0.25) is 0 Å². The van der Waals surface area contributed by atoms with E-state index < -0.39 is 0 Å². The molecule has 0 saturated heterocycles. The zero-order chi connectivity index (χ0) is 13.0. The third kappa shape index (κ3) is 3.83. The Labute approximate surface area is 120 Å². The maximum atomic E-state index is 9.62. The van der Waals surface area contributed by atoms with Crippen LogP contribution >= 0.6 is 27.3 Å². The molecule has 0 aliphatic heterocycles. The van der Waals surface area contributed by atoms with Gasteiger partial charge in [0.15, 0.2) is 0 Å². The van der Waals surface area contributed by atoms with Gasteiger partial charge < -0.3 is 10.0 Å². The van der Waals surface area contributed by atoms with Gasteiger partial charge in [0.1, 0.15) is 0 Å². The summed E-state index contributed by atoms with van der Waals surface area (Å²) < 4.78 is 1.14. The molecule has 1 N–H and O–H groups in total. The number of anilines is 1. The SMILES string of the molecule is CC(O)CN(Cc1ccc(Br)s1)c1ccccc1. The number of halogens is 1. The number of rotatable bonds is 5. The normalized spacial score (nSPS) is 12.4. The summed E-state index contributed by atoms with van der Waals surface area (Å²) in [5.74, 6) is 0. The van der Waals surface area contributed by atoms with E-state index in [4.69, 9.17) is 0 Å². The lowest BCUT2D eigenvalue weighted by Crippen LogP contribution is -2.30. The summed E-state index contributed by atoms with van der Waals surface area (Å²) in [6.45, 7) is 3.28. The molecule has 1 unspecified atom stereocenters. The standard InChI is InChI=1S/C14H16BrNOS/c1-11(17)9-16(12-5-3-2-4-6-12)10-13-7-8-14(15)18-13/h2-8,11,17H,9-10H2,1H3. The lowest BCUT2D eigenvalue weighted by molar-refractivity contribution is 0.199. The summed E-state index contributed by atoms with van der Waals surface area (Å²) >= 11 is 5.21. The van der Waals surface area contributed by atoms with Gasteiger partial charge in [0.25, 0.3) is 0 Å². The van der Waals surface area contributed by atoms with Crippen molar-refractivity contribution in [3.05, 3.63) is 51.1 Å². The van der Waals surface area contributed by atoms with Crippen molar-refractivity contribution in [2.24, 2.45) is 0 Å². The number of benzene rings is 1. The quantitative estimate of drug-likeness (QED) is 0.901. The third-order valence-corrected chi connectivity index (χ3v) is 4.19. The molecule has 1 aromatic heterocycles. The molecule has 1 atom stereocenters. The van der Waals surface area contributed by atoms with Gasteiger partial charge in [-0.15, -0.1) is 11.3 Å². The van der Waals surface area contributed by atoms with Gasteiger partial charge in [0.05, 0.1) is 16.4 Å². The fourth-order valence-corrected chi connectivity index (χ4v) is 3.34. The van der Waals surface area contributed by atoms with Crippen molar-refractivity contribution in [1.29, 1.82) is 0 Å². The first-order valence-corrected chi connectivity index (χ1v) is 7.48. The minimum atomic E-state index is -0.339. The lowest BCUT2D eigenvalue weighted by Gasteiger charge is -2.25. The largest absolute Gasteiger partial charge is 0.392 e. The molecule has 1 heterocycles. The van der Waals surface area contributed by atoms with E-state index >= 15 is 0 Å². The second kappa shape index (κ2) is 6.36. The van der Waals surface area contributed by atoms with Crippen LogP contribution in [0.15, 0.2) is 46.3 Å². The van der Waals surface area contributed by atoms with E-state index in [0.29, 0.717) is 6.54 Å². The lowest BCUT2D eigenvalue weighted by atomic mass is 10.2. The van der Waals surface area contributed by atoms with E-state index in [9.17, 15) is 5.11 Å². The van der Waals surface area contributed by atoms with Crippen molar-refractivity contribution in [2.45, 2.75) is 19.6 Å². The number of aliphatic hydroxyl groups is 1. The van der Waals surface area contributed by atoms with Crippen LogP contribution in [0.3, 0.4) is 0 Å². The fourth-order valence-electron chi connectivity index (χ4n) is 1.84. The van der Waals surface area contributed by atoms with Gasteiger partial charge in [0.2, 0.25) is 0 Å². The van der Waals surface area contributed by atoms with E-state index in [2.05, 4.69) is 45.1 Å². The highest BCUT2D eigenvalue weighted by Crippen LogP contribution is 2.25. The molecule has 0 aliphatic rings. The maximum absolute atomic E-state index is 9.62. The summed E-state index contributed by atoms with van der Waals surface area (Å²) in [6, 6.07) is 14.4. The monoisotopic (exact) mass is 325 g/mol. The first-order valence-electron chi connectivity index (χ1n) is 5.87. The van der Waals surface area contributed by atoms with Crippen LogP contribution in [-0.4, -0.2) is 17.8 Å². The Morgan fingerprint density at radius 2 is 1.94 bits per heavy atom. The zero-order valence-corrected chi connectivity index (χ0v) is 12.6. The minimum absolute atomic E-state index is 0.339. The molecular weight excluding hydrogens is 310 g/mol. The molecule has 0 bridgehead atoms. The van der Waals surface area contributed by atoms with Gasteiger partial charge in [-0.1, -0.05) is 18.2 Å². The fraction of sp³-hybridized carbons (Fsp3) is 0.286. The van der Waals surface area contributed by atoms with Gasteiger partial charge in [0, 0.05) is 17.1 Å². The van der Waals surface area contributed by atoms with Crippen LogP contribution in [0.2, 0.25) is 0 Å². The Hall–Kier alpha value is -0.840. The molecule has 18 heavy (non-hydrogen) atoms. The van der Waals surface area contributed by atoms with Crippen molar-refractivity contribution in [2.75, 3.05) is 11.4 Å². The molecule has 1 aromatic carbocycles. The molecule has 4 heteroatoms. The Kier molecular flexibility index (Phi) is 4.80. The highest BCUT2D eigenvalue weighted by molar-refractivity contribution is 9.11. The average molecular weight is 326 g/mol. The Bertz CT molecular complexity index is 484. The number of hydrogen-bond acceptors (Lipinski definition) is 3. The van der Waals surface area contributed by atoms with Gasteiger partial charge in [-0.2, -0.15) is 0 Å². The minimum Gasteiger partial charge on any atom is -0.392 e. The second-order valence-corrected chi connectivity index (χ2v) is 6.82. The van der Waals surface area contributed by atoms with Crippen LogP contribution in [0.1, 0.15) is 11.8 Å². The number of nitrogens with zero attached hydrogens (tertiary/aromatic N) is 1. The first-order chi connectivity index (χ1) is 8.65. The van der Waals surface area contributed by atoms with Crippen LogP contribution in [0, 0.1) is 0 Å². The zero-order valence-electron chi connectivity index (χ0n) is 10.2. The number of para-hydroxylation sites is 1. The number of hydrogen-bond donors (Lipinski definition) is 1. The van der Waals surface area contributed by atoms with Crippen molar-refractivity contribution in [3.63, 3.8) is 0 Å². The average Bonchev–Trinajstić information content (AvgIpc) is 2.75. The highest BCUT2D eigenvalue weighted by Gasteiger charge is 2.11. The van der Waals surface area contributed by atoms with E-state index in [1.54, 1.807) is 11.3 Å². The molecule has 0 radical (unpaired) electrons. The van der Waals surface area contributed by atoms with Crippen molar-refractivity contribution in [1.82, 2.24) is 0 Å². The molecule has 0 amide bonds. The Morgan fingerprint density at radius 1 is 1.22 bits per heavy atom. The Morgan fingerprint density at radius 3 is 2.50 bits per heavy atom. The van der Waals surface area contributed by atoms with Crippen LogP contribution in [0.25, 0.3) is 0 Å². The van der Waals surface area contributed by atoms with Crippen molar-refractivity contribution in [3.8, 4) is 0 Å². The smallest absolute Gasteiger partial charge is 0.0702 e. The van der Waals surface area contributed by atoms with E-state index in [0.717, 1.165) is 16.0 Å². The highest BCUT2D eigenvalue weighted by atomic mass is 79.9. The van der Waals surface area contributed by atoms with Crippen LogP contribution < -0.4 is 4.90 Å². The van der Waals surface area contributed by atoms with Crippen molar-refractivity contribution < 1.29 is 5.11 Å². The molecule has 2 rings (SSSR count). The van der Waals surface area contributed by atoms with Crippen LogP contribution in [-0.2, 0) is 6.54 Å². The van der Waals surface area contributed by atoms with Gasteiger partial charge >= 0.3 is 0 Å². The van der Waals surface area contributed by atoms with E-state index in [-0.39, 0.29) is 6.10 Å².